The van der Waals surface area contributed by atoms with E-state index in [1.54, 1.807) is 6.33 Å². The number of rotatable bonds is 2. The lowest BCUT2D eigenvalue weighted by Gasteiger charge is -2.24. The van der Waals surface area contributed by atoms with E-state index in [2.05, 4.69) is 22.2 Å². The van der Waals surface area contributed by atoms with Crippen molar-refractivity contribution < 1.29 is 4.74 Å². The molecule has 0 radical (unpaired) electrons. The van der Waals surface area contributed by atoms with Gasteiger partial charge in [-0.15, -0.1) is 0 Å². The monoisotopic (exact) mass is 229 g/mol. The lowest BCUT2D eigenvalue weighted by molar-refractivity contribution is 0.185. The molecule has 1 N–H and O–H groups in total. The van der Waals surface area contributed by atoms with Gasteiger partial charge in [-0.1, -0.05) is 12.1 Å². The van der Waals surface area contributed by atoms with Crippen molar-refractivity contribution in [3.63, 3.8) is 0 Å². The Balaban J connectivity index is 2.00. The van der Waals surface area contributed by atoms with Gasteiger partial charge in [0.15, 0.2) is 0 Å². The molecule has 0 saturated carbocycles. The maximum atomic E-state index is 5.44. The highest BCUT2D eigenvalue weighted by Crippen LogP contribution is 2.26. The van der Waals surface area contributed by atoms with Crippen molar-refractivity contribution in [3.05, 3.63) is 30.6 Å². The lowest BCUT2D eigenvalue weighted by atomic mass is 10.0. The zero-order valence-corrected chi connectivity index (χ0v) is 9.81. The number of benzene rings is 1. The van der Waals surface area contributed by atoms with E-state index in [0.717, 1.165) is 36.4 Å². The summed E-state index contributed by atoms with van der Waals surface area (Å²) in [6.07, 6.45) is 2.61. The minimum absolute atomic E-state index is 0.0167. The third kappa shape index (κ3) is 1.96. The minimum Gasteiger partial charge on any atom is -0.379 e. The van der Waals surface area contributed by atoms with Crippen molar-refractivity contribution in [1.29, 1.82) is 0 Å². The number of para-hydroxylation sites is 1. The minimum atomic E-state index is -0.0167. The molecule has 1 aliphatic heterocycles. The number of fused-ring (bicyclic) bond motifs is 1. The fraction of sp³-hybridized carbons (Fsp3) is 0.385. The van der Waals surface area contributed by atoms with Gasteiger partial charge in [0.25, 0.3) is 0 Å². The molecule has 4 heteroatoms. The number of anilines is 1. The normalized spacial score (nSPS) is 24.1. The van der Waals surface area contributed by atoms with Gasteiger partial charge in [0.1, 0.15) is 12.1 Å². The third-order valence-corrected chi connectivity index (χ3v) is 3.18. The van der Waals surface area contributed by atoms with Crippen molar-refractivity contribution in [1.82, 2.24) is 9.97 Å². The Morgan fingerprint density at radius 3 is 3.00 bits per heavy atom. The van der Waals surface area contributed by atoms with Crippen LogP contribution >= 0.6 is 0 Å². The van der Waals surface area contributed by atoms with Crippen LogP contribution in [0.25, 0.3) is 10.9 Å². The molecule has 1 saturated heterocycles. The molecule has 1 aliphatic rings. The standard InChI is InChI=1S/C13H15N3O/c1-13(6-7-17-8-13)16-12-10-4-2-3-5-11(10)14-9-15-12/h2-5,9H,6-8H2,1H3,(H,14,15,16). The summed E-state index contributed by atoms with van der Waals surface area (Å²) < 4.78 is 5.44. The number of aromatic nitrogens is 2. The van der Waals surface area contributed by atoms with E-state index in [4.69, 9.17) is 4.74 Å². The van der Waals surface area contributed by atoms with Gasteiger partial charge < -0.3 is 10.1 Å². The van der Waals surface area contributed by atoms with Crippen LogP contribution < -0.4 is 5.32 Å². The molecule has 0 aliphatic carbocycles. The van der Waals surface area contributed by atoms with Gasteiger partial charge in [-0.05, 0) is 25.5 Å². The van der Waals surface area contributed by atoms with Crippen molar-refractivity contribution >= 4 is 16.7 Å². The molecule has 1 atom stereocenters. The summed E-state index contributed by atoms with van der Waals surface area (Å²) in [5.41, 5.74) is 0.949. The molecule has 2 heterocycles. The Kier molecular flexibility index (Phi) is 2.44. The predicted molar refractivity (Wildman–Crippen MR) is 67.0 cm³/mol. The maximum Gasteiger partial charge on any atom is 0.137 e. The van der Waals surface area contributed by atoms with E-state index in [0.29, 0.717) is 0 Å². The van der Waals surface area contributed by atoms with Crippen molar-refractivity contribution in [2.75, 3.05) is 18.5 Å². The Morgan fingerprint density at radius 1 is 1.29 bits per heavy atom. The molecule has 1 unspecified atom stereocenters. The first-order valence-corrected chi connectivity index (χ1v) is 5.83. The second-order valence-electron chi connectivity index (χ2n) is 4.73. The molecule has 0 spiro atoms. The summed E-state index contributed by atoms with van der Waals surface area (Å²) in [6.45, 7) is 3.70. The molecule has 3 rings (SSSR count). The largest absolute Gasteiger partial charge is 0.379 e. The lowest BCUT2D eigenvalue weighted by Crippen LogP contribution is -2.35. The van der Waals surface area contributed by atoms with Gasteiger partial charge in [0.2, 0.25) is 0 Å². The quantitative estimate of drug-likeness (QED) is 0.857. The first kappa shape index (κ1) is 10.5. The first-order chi connectivity index (χ1) is 8.27. The number of ether oxygens (including phenoxy) is 1. The molecule has 1 aromatic heterocycles. The average Bonchev–Trinajstić information content (AvgIpc) is 2.76. The molecular weight excluding hydrogens is 214 g/mol. The summed E-state index contributed by atoms with van der Waals surface area (Å²) >= 11 is 0. The van der Waals surface area contributed by atoms with Crippen LogP contribution in [0.5, 0.6) is 0 Å². The van der Waals surface area contributed by atoms with Crippen LogP contribution in [0.1, 0.15) is 13.3 Å². The van der Waals surface area contributed by atoms with Gasteiger partial charge in [-0.3, -0.25) is 0 Å². The Labute approximate surface area is 100 Å². The van der Waals surface area contributed by atoms with Gasteiger partial charge in [-0.2, -0.15) is 0 Å². The van der Waals surface area contributed by atoms with E-state index >= 15 is 0 Å². The zero-order valence-electron chi connectivity index (χ0n) is 9.81. The number of nitrogens with one attached hydrogen (secondary N) is 1. The summed E-state index contributed by atoms with van der Waals surface area (Å²) in [7, 11) is 0. The first-order valence-electron chi connectivity index (χ1n) is 5.83. The van der Waals surface area contributed by atoms with Crippen LogP contribution in [0, 0.1) is 0 Å². The average molecular weight is 229 g/mol. The van der Waals surface area contributed by atoms with E-state index in [1.165, 1.54) is 0 Å². The van der Waals surface area contributed by atoms with E-state index in [-0.39, 0.29) is 5.54 Å². The van der Waals surface area contributed by atoms with Gasteiger partial charge in [0.05, 0.1) is 17.7 Å². The summed E-state index contributed by atoms with van der Waals surface area (Å²) in [4.78, 5) is 8.59. The Hall–Kier alpha value is -1.68. The summed E-state index contributed by atoms with van der Waals surface area (Å²) in [5.74, 6) is 0.892. The van der Waals surface area contributed by atoms with Crippen LogP contribution in [-0.4, -0.2) is 28.7 Å². The molecule has 1 fully saturated rings. The number of hydrogen-bond acceptors (Lipinski definition) is 4. The fourth-order valence-corrected chi connectivity index (χ4v) is 2.16. The van der Waals surface area contributed by atoms with Crippen molar-refractivity contribution in [3.8, 4) is 0 Å². The molecule has 0 amide bonds. The van der Waals surface area contributed by atoms with Crippen molar-refractivity contribution in [2.24, 2.45) is 0 Å². The molecule has 4 nitrogen and oxygen atoms in total. The number of hydrogen-bond donors (Lipinski definition) is 1. The van der Waals surface area contributed by atoms with Gasteiger partial charge in [-0.25, -0.2) is 9.97 Å². The van der Waals surface area contributed by atoms with Crippen LogP contribution in [0.15, 0.2) is 30.6 Å². The predicted octanol–water partition coefficient (Wildman–Crippen LogP) is 2.22. The molecule has 1 aromatic carbocycles. The second-order valence-corrected chi connectivity index (χ2v) is 4.73. The number of nitrogens with zero attached hydrogens (tertiary/aromatic N) is 2. The van der Waals surface area contributed by atoms with Gasteiger partial charge >= 0.3 is 0 Å². The van der Waals surface area contributed by atoms with Crippen LogP contribution in [0.3, 0.4) is 0 Å². The maximum absolute atomic E-state index is 5.44. The Bertz CT molecular complexity index is 530. The summed E-state index contributed by atoms with van der Waals surface area (Å²) in [5, 5.41) is 4.54. The molecular formula is C13H15N3O. The van der Waals surface area contributed by atoms with E-state index in [9.17, 15) is 0 Å². The highest BCUT2D eigenvalue weighted by molar-refractivity contribution is 5.88. The topological polar surface area (TPSA) is 47.0 Å². The van der Waals surface area contributed by atoms with Gasteiger partial charge in [0, 0.05) is 12.0 Å². The molecule has 0 bridgehead atoms. The van der Waals surface area contributed by atoms with Crippen LogP contribution in [0.2, 0.25) is 0 Å². The zero-order chi connectivity index (χ0) is 11.7. The summed E-state index contributed by atoms with van der Waals surface area (Å²) in [6, 6.07) is 8.02. The van der Waals surface area contributed by atoms with E-state index < -0.39 is 0 Å². The smallest absolute Gasteiger partial charge is 0.137 e. The Morgan fingerprint density at radius 2 is 2.18 bits per heavy atom. The van der Waals surface area contributed by atoms with E-state index in [1.807, 2.05) is 24.3 Å². The highest BCUT2D eigenvalue weighted by atomic mass is 16.5. The fourth-order valence-electron chi connectivity index (χ4n) is 2.16. The molecule has 2 aromatic rings. The van der Waals surface area contributed by atoms with Crippen LogP contribution in [-0.2, 0) is 4.74 Å². The van der Waals surface area contributed by atoms with Crippen LogP contribution in [0.4, 0.5) is 5.82 Å². The SMILES string of the molecule is CC1(Nc2ncnc3ccccc23)CCOC1. The third-order valence-electron chi connectivity index (χ3n) is 3.18. The second kappa shape index (κ2) is 3.96. The molecule has 17 heavy (non-hydrogen) atoms. The highest BCUT2D eigenvalue weighted by Gasteiger charge is 2.30. The van der Waals surface area contributed by atoms with Crippen molar-refractivity contribution in [2.45, 2.75) is 18.9 Å². The molecule has 88 valence electrons.